The Labute approximate surface area is 184 Å². The number of carbonyl (C=O) groups is 1. The number of hydrogen-bond acceptors (Lipinski definition) is 3. The van der Waals surface area contributed by atoms with Crippen LogP contribution in [-0.4, -0.2) is 48.7 Å². The molecular formula is C26H44N2O2. The average molecular weight is 417 g/mol. The summed E-state index contributed by atoms with van der Waals surface area (Å²) in [5.74, 6) is 0.00628. The van der Waals surface area contributed by atoms with Crippen LogP contribution in [0.2, 0.25) is 0 Å². The van der Waals surface area contributed by atoms with Gasteiger partial charge in [0.15, 0.2) is 0 Å². The molecule has 0 unspecified atom stereocenters. The number of aliphatic hydroxyl groups is 1. The molecule has 4 heteroatoms. The van der Waals surface area contributed by atoms with Gasteiger partial charge in [0.05, 0.1) is 6.61 Å². The Hall–Kier alpha value is -1.65. The molecule has 0 aromatic carbocycles. The lowest BCUT2D eigenvalue weighted by atomic mass is 10.0. The van der Waals surface area contributed by atoms with Gasteiger partial charge in [-0.3, -0.25) is 4.79 Å². The van der Waals surface area contributed by atoms with E-state index in [0.717, 1.165) is 75.9 Å². The molecule has 0 radical (unpaired) electrons. The first kappa shape index (κ1) is 26.4. The third-order valence-electron chi connectivity index (χ3n) is 5.53. The predicted octanol–water partition coefficient (Wildman–Crippen LogP) is 5.32. The summed E-state index contributed by atoms with van der Waals surface area (Å²) >= 11 is 0. The van der Waals surface area contributed by atoms with E-state index < -0.39 is 0 Å². The van der Waals surface area contributed by atoms with E-state index in [0.29, 0.717) is 0 Å². The van der Waals surface area contributed by atoms with Gasteiger partial charge >= 0.3 is 0 Å². The second-order valence-electron chi connectivity index (χ2n) is 8.80. The largest absolute Gasteiger partial charge is 0.392 e. The van der Waals surface area contributed by atoms with Crippen LogP contribution >= 0.6 is 0 Å². The molecule has 0 atom stereocenters. The first-order valence-electron chi connectivity index (χ1n) is 11.7. The average Bonchev–Trinajstić information content (AvgIpc) is 3.19. The number of likely N-dealkylation sites (tertiary alicyclic amines) is 1. The van der Waals surface area contributed by atoms with Crippen molar-refractivity contribution < 1.29 is 9.90 Å². The summed E-state index contributed by atoms with van der Waals surface area (Å²) in [6, 6.07) is 0. The van der Waals surface area contributed by atoms with Crippen molar-refractivity contribution in [1.29, 1.82) is 0 Å². The highest BCUT2D eigenvalue weighted by molar-refractivity contribution is 5.88. The van der Waals surface area contributed by atoms with Gasteiger partial charge in [-0.1, -0.05) is 34.9 Å². The van der Waals surface area contributed by atoms with Crippen LogP contribution in [0.1, 0.15) is 79.1 Å². The minimum atomic E-state index is 0.00628. The maximum Gasteiger partial charge on any atom is 0.243 e. The van der Waals surface area contributed by atoms with Crippen molar-refractivity contribution in [3.8, 4) is 0 Å². The van der Waals surface area contributed by atoms with Gasteiger partial charge in [0, 0.05) is 19.2 Å². The molecular weight excluding hydrogens is 372 g/mol. The lowest BCUT2D eigenvalue weighted by Gasteiger charge is -2.14. The van der Waals surface area contributed by atoms with Crippen LogP contribution in [0.4, 0.5) is 0 Å². The highest BCUT2D eigenvalue weighted by Gasteiger charge is 2.10. The smallest absolute Gasteiger partial charge is 0.243 e. The Kier molecular flexibility index (Phi) is 14.2. The van der Waals surface area contributed by atoms with Crippen molar-refractivity contribution >= 4 is 5.91 Å². The Morgan fingerprint density at radius 3 is 2.20 bits per heavy atom. The zero-order valence-electron chi connectivity index (χ0n) is 19.8. The first-order valence-corrected chi connectivity index (χ1v) is 11.7. The van der Waals surface area contributed by atoms with Crippen molar-refractivity contribution in [2.75, 3.05) is 32.8 Å². The lowest BCUT2D eigenvalue weighted by molar-refractivity contribution is -0.116. The minimum absolute atomic E-state index is 0.00628. The molecule has 1 aliphatic heterocycles. The number of amides is 1. The van der Waals surface area contributed by atoms with Crippen molar-refractivity contribution in [3.05, 3.63) is 46.6 Å². The quantitative estimate of drug-likeness (QED) is 0.298. The van der Waals surface area contributed by atoms with Crippen LogP contribution in [0.25, 0.3) is 0 Å². The minimum Gasteiger partial charge on any atom is -0.392 e. The fraction of sp³-hybridized carbons (Fsp3) is 0.654. The van der Waals surface area contributed by atoms with E-state index >= 15 is 0 Å². The maximum atomic E-state index is 12.0. The fourth-order valence-electron chi connectivity index (χ4n) is 3.63. The van der Waals surface area contributed by atoms with Crippen molar-refractivity contribution in [1.82, 2.24) is 10.2 Å². The molecule has 0 aliphatic carbocycles. The summed E-state index contributed by atoms with van der Waals surface area (Å²) in [5.41, 5.74) is 4.96. The number of rotatable bonds is 14. The number of aliphatic hydroxyl groups excluding tert-OH is 1. The summed E-state index contributed by atoms with van der Waals surface area (Å²) in [6.07, 6.45) is 16.8. The first-order chi connectivity index (χ1) is 14.4. The summed E-state index contributed by atoms with van der Waals surface area (Å²) in [4.78, 5) is 14.4. The van der Waals surface area contributed by atoms with Gasteiger partial charge in [0.1, 0.15) is 0 Å². The van der Waals surface area contributed by atoms with E-state index in [2.05, 4.69) is 49.2 Å². The Morgan fingerprint density at radius 2 is 1.53 bits per heavy atom. The van der Waals surface area contributed by atoms with E-state index in [4.69, 9.17) is 0 Å². The summed E-state index contributed by atoms with van der Waals surface area (Å²) in [6.45, 7) is 12.6. The summed E-state index contributed by atoms with van der Waals surface area (Å²) in [7, 11) is 0. The molecule has 1 amide bonds. The van der Waals surface area contributed by atoms with Crippen LogP contribution in [-0.2, 0) is 4.79 Å². The third kappa shape index (κ3) is 13.6. The van der Waals surface area contributed by atoms with E-state index in [1.807, 2.05) is 6.92 Å². The van der Waals surface area contributed by atoms with Crippen LogP contribution in [0.3, 0.4) is 0 Å². The normalized spacial score (nSPS) is 16.1. The highest BCUT2D eigenvalue weighted by Crippen LogP contribution is 2.13. The van der Waals surface area contributed by atoms with Crippen LogP contribution in [0, 0.1) is 0 Å². The van der Waals surface area contributed by atoms with Gasteiger partial charge in [0.2, 0.25) is 5.91 Å². The number of carbonyl (C=O) groups excluding carboxylic acids is 1. The highest BCUT2D eigenvalue weighted by atomic mass is 16.3. The zero-order chi connectivity index (χ0) is 22.2. The molecule has 0 aromatic heterocycles. The fourth-order valence-corrected chi connectivity index (χ4v) is 3.63. The Morgan fingerprint density at radius 1 is 0.900 bits per heavy atom. The van der Waals surface area contributed by atoms with Crippen molar-refractivity contribution in [2.24, 2.45) is 0 Å². The monoisotopic (exact) mass is 416 g/mol. The SMILES string of the molecule is CC(C)=CCCC(C)=CCCC(=CCCC(C)=CC(=O)NCCN1CCCC1)CO. The van der Waals surface area contributed by atoms with Crippen molar-refractivity contribution in [2.45, 2.75) is 79.1 Å². The molecule has 1 fully saturated rings. The predicted molar refractivity (Wildman–Crippen MR) is 128 cm³/mol. The van der Waals surface area contributed by atoms with Crippen LogP contribution in [0.5, 0.6) is 0 Å². The molecule has 170 valence electrons. The number of nitrogens with one attached hydrogen (secondary N) is 1. The summed E-state index contributed by atoms with van der Waals surface area (Å²) < 4.78 is 0. The van der Waals surface area contributed by atoms with Gasteiger partial charge in [-0.25, -0.2) is 0 Å². The molecule has 2 N–H and O–H groups in total. The number of hydrogen-bond donors (Lipinski definition) is 2. The number of allylic oxidation sites excluding steroid dienone is 6. The number of nitrogens with zero attached hydrogens (tertiary/aromatic N) is 1. The molecule has 4 nitrogen and oxygen atoms in total. The molecule has 0 aromatic rings. The third-order valence-corrected chi connectivity index (χ3v) is 5.53. The van der Waals surface area contributed by atoms with Crippen LogP contribution < -0.4 is 5.32 Å². The Balaban J connectivity index is 2.26. The molecule has 0 bridgehead atoms. The molecule has 0 saturated carbocycles. The second kappa shape index (κ2) is 16.1. The van der Waals surface area contributed by atoms with E-state index in [-0.39, 0.29) is 12.5 Å². The standard InChI is InChI=1S/C26H44N2O2/c1-22(2)10-7-11-23(3)12-8-14-25(21-29)15-9-13-24(4)20-26(30)27-16-19-28-17-5-6-18-28/h10,12,15,20,29H,5-9,11,13-14,16-19,21H2,1-4H3,(H,27,30). The molecule has 1 heterocycles. The summed E-state index contributed by atoms with van der Waals surface area (Å²) in [5, 5.41) is 12.6. The van der Waals surface area contributed by atoms with Crippen LogP contribution in [0.15, 0.2) is 46.6 Å². The van der Waals surface area contributed by atoms with Gasteiger partial charge in [-0.2, -0.15) is 0 Å². The van der Waals surface area contributed by atoms with Crippen molar-refractivity contribution in [3.63, 3.8) is 0 Å². The van der Waals surface area contributed by atoms with E-state index in [1.165, 1.54) is 24.0 Å². The topological polar surface area (TPSA) is 52.6 Å². The molecule has 30 heavy (non-hydrogen) atoms. The van der Waals surface area contributed by atoms with Gasteiger partial charge < -0.3 is 15.3 Å². The zero-order valence-corrected chi connectivity index (χ0v) is 19.8. The van der Waals surface area contributed by atoms with E-state index in [1.54, 1.807) is 6.08 Å². The molecule has 1 saturated heterocycles. The van der Waals surface area contributed by atoms with E-state index in [9.17, 15) is 9.90 Å². The van der Waals surface area contributed by atoms with Gasteiger partial charge in [-0.05, 0) is 97.7 Å². The molecule has 0 spiro atoms. The molecule has 1 aliphatic rings. The van der Waals surface area contributed by atoms with Gasteiger partial charge in [-0.15, -0.1) is 0 Å². The lowest BCUT2D eigenvalue weighted by Crippen LogP contribution is -2.32. The van der Waals surface area contributed by atoms with Gasteiger partial charge in [0.25, 0.3) is 0 Å². The molecule has 1 rings (SSSR count). The second-order valence-corrected chi connectivity index (χ2v) is 8.80. The Bertz CT molecular complexity index is 619. The maximum absolute atomic E-state index is 12.0.